The number of aryl methyl sites for hydroxylation is 3. The summed E-state index contributed by atoms with van der Waals surface area (Å²) in [5.74, 6) is 1.34. The van der Waals surface area contributed by atoms with Crippen molar-refractivity contribution in [3.8, 4) is 5.75 Å². The van der Waals surface area contributed by atoms with Crippen molar-refractivity contribution in [3.63, 3.8) is 0 Å². The first-order valence-corrected chi connectivity index (χ1v) is 9.53. The van der Waals surface area contributed by atoms with E-state index < -0.39 is 0 Å². The third-order valence-electron chi connectivity index (χ3n) is 3.99. The van der Waals surface area contributed by atoms with Gasteiger partial charge in [-0.15, -0.1) is 0 Å². The van der Waals surface area contributed by atoms with Crippen molar-refractivity contribution >= 4 is 21.8 Å². The summed E-state index contributed by atoms with van der Waals surface area (Å²) in [4.78, 5) is 12.3. The molecule has 3 rings (SSSR count). The van der Waals surface area contributed by atoms with Crippen LogP contribution in [0.25, 0.3) is 0 Å². The Hall–Kier alpha value is -2.54. The smallest absolute Gasteiger partial charge is 0.287 e. The molecule has 142 valence electrons. The molecule has 3 aromatic rings. The van der Waals surface area contributed by atoms with Gasteiger partial charge < -0.3 is 14.5 Å². The van der Waals surface area contributed by atoms with Crippen LogP contribution in [0.2, 0.25) is 0 Å². The molecule has 1 amide bonds. The summed E-state index contributed by atoms with van der Waals surface area (Å²) in [6.07, 6.45) is 1.89. The highest BCUT2D eigenvalue weighted by atomic mass is 79.9. The molecule has 0 aliphatic heterocycles. The van der Waals surface area contributed by atoms with Gasteiger partial charge in [0.1, 0.15) is 18.1 Å². The lowest BCUT2D eigenvalue weighted by atomic mass is 10.1. The molecule has 0 bridgehead atoms. The summed E-state index contributed by atoms with van der Waals surface area (Å²) in [6, 6.07) is 9.42. The van der Waals surface area contributed by atoms with Crippen LogP contribution in [0.1, 0.15) is 40.1 Å². The van der Waals surface area contributed by atoms with Crippen molar-refractivity contribution in [2.45, 2.75) is 40.5 Å². The Labute approximate surface area is 166 Å². The summed E-state index contributed by atoms with van der Waals surface area (Å²) in [7, 11) is 0. The first-order chi connectivity index (χ1) is 12.9. The molecule has 6 nitrogen and oxygen atoms in total. The summed E-state index contributed by atoms with van der Waals surface area (Å²) in [5, 5.41) is 7.20. The van der Waals surface area contributed by atoms with E-state index in [2.05, 4.69) is 32.4 Å². The van der Waals surface area contributed by atoms with Gasteiger partial charge in [-0.3, -0.25) is 9.48 Å². The van der Waals surface area contributed by atoms with Gasteiger partial charge >= 0.3 is 0 Å². The third kappa shape index (κ3) is 5.01. The van der Waals surface area contributed by atoms with Crippen molar-refractivity contribution in [3.05, 3.63) is 69.3 Å². The molecule has 0 aliphatic carbocycles. The highest BCUT2D eigenvalue weighted by Gasteiger charge is 2.13. The fourth-order valence-corrected chi connectivity index (χ4v) is 3.17. The number of ether oxygens (including phenoxy) is 1. The van der Waals surface area contributed by atoms with Crippen LogP contribution in [0.4, 0.5) is 0 Å². The van der Waals surface area contributed by atoms with Crippen molar-refractivity contribution in [2.75, 3.05) is 0 Å². The van der Waals surface area contributed by atoms with E-state index in [-0.39, 0.29) is 18.3 Å². The van der Waals surface area contributed by atoms with Gasteiger partial charge in [-0.2, -0.15) is 5.10 Å². The van der Waals surface area contributed by atoms with Gasteiger partial charge in [0.05, 0.1) is 16.7 Å². The van der Waals surface area contributed by atoms with Gasteiger partial charge in [0.2, 0.25) is 0 Å². The van der Waals surface area contributed by atoms with Crippen LogP contribution in [0.15, 0.2) is 45.4 Å². The Balaban J connectivity index is 1.56. The van der Waals surface area contributed by atoms with Crippen molar-refractivity contribution < 1.29 is 13.9 Å². The van der Waals surface area contributed by atoms with Crippen LogP contribution in [0, 0.1) is 13.8 Å². The maximum absolute atomic E-state index is 12.3. The highest BCUT2D eigenvalue weighted by Crippen LogP contribution is 2.19. The quantitative estimate of drug-likeness (QED) is 0.602. The van der Waals surface area contributed by atoms with Crippen LogP contribution in [-0.2, 0) is 19.7 Å². The second kappa shape index (κ2) is 8.43. The standard InChI is InChI=1S/C20H22BrN3O3/c1-4-24-11-17(21)18(23-24)10-22-20(25)19-6-5-15(27-19)12-26-16-8-13(2)7-14(3)9-16/h5-9,11H,4,10,12H2,1-3H3,(H,22,25). The molecular formula is C20H22BrN3O3. The second-order valence-corrected chi connectivity index (χ2v) is 7.19. The number of nitrogens with zero attached hydrogens (tertiary/aromatic N) is 2. The van der Waals surface area contributed by atoms with Gasteiger partial charge in [-0.25, -0.2) is 0 Å². The number of hydrogen-bond acceptors (Lipinski definition) is 4. The van der Waals surface area contributed by atoms with Gasteiger partial charge in [-0.05, 0) is 72.1 Å². The third-order valence-corrected chi connectivity index (χ3v) is 4.65. The number of rotatable bonds is 7. The minimum absolute atomic E-state index is 0.250. The van der Waals surface area contributed by atoms with E-state index in [9.17, 15) is 4.79 Å². The number of aromatic nitrogens is 2. The molecule has 0 saturated carbocycles. The maximum atomic E-state index is 12.3. The molecule has 0 atom stereocenters. The van der Waals surface area contributed by atoms with Gasteiger partial charge in [-0.1, -0.05) is 6.07 Å². The number of benzene rings is 1. The predicted molar refractivity (Wildman–Crippen MR) is 106 cm³/mol. The van der Waals surface area contributed by atoms with Gasteiger partial charge in [0, 0.05) is 12.7 Å². The first kappa shape index (κ1) is 19.2. The molecule has 0 spiro atoms. The lowest BCUT2D eigenvalue weighted by Gasteiger charge is -2.06. The first-order valence-electron chi connectivity index (χ1n) is 8.74. The molecule has 7 heteroatoms. The summed E-state index contributed by atoms with van der Waals surface area (Å²) >= 11 is 3.45. The number of carbonyl (C=O) groups is 1. The van der Waals surface area contributed by atoms with Gasteiger partial charge in [0.25, 0.3) is 5.91 Å². The molecule has 1 aromatic carbocycles. The van der Waals surface area contributed by atoms with E-state index in [1.54, 1.807) is 16.8 Å². The number of amides is 1. The number of hydrogen-bond donors (Lipinski definition) is 1. The Morgan fingerprint density at radius 1 is 1.26 bits per heavy atom. The summed E-state index contributed by atoms with van der Waals surface area (Å²) in [6.45, 7) is 7.42. The zero-order valence-corrected chi connectivity index (χ0v) is 17.2. The minimum Gasteiger partial charge on any atom is -0.486 e. The van der Waals surface area contributed by atoms with E-state index in [0.717, 1.165) is 33.6 Å². The number of nitrogens with one attached hydrogen (secondary N) is 1. The number of furan rings is 1. The van der Waals surface area contributed by atoms with Crippen LogP contribution in [0.5, 0.6) is 5.75 Å². The topological polar surface area (TPSA) is 69.3 Å². The molecule has 2 heterocycles. The Morgan fingerprint density at radius 2 is 2.00 bits per heavy atom. The molecular weight excluding hydrogens is 410 g/mol. The average Bonchev–Trinajstić information content (AvgIpc) is 3.23. The lowest BCUT2D eigenvalue weighted by molar-refractivity contribution is 0.0918. The highest BCUT2D eigenvalue weighted by molar-refractivity contribution is 9.10. The minimum atomic E-state index is -0.286. The SMILES string of the molecule is CCn1cc(Br)c(CNC(=O)c2ccc(COc3cc(C)cc(C)c3)o2)n1. The van der Waals surface area contributed by atoms with Crippen LogP contribution in [0.3, 0.4) is 0 Å². The molecule has 27 heavy (non-hydrogen) atoms. The molecule has 2 aromatic heterocycles. The zero-order valence-electron chi connectivity index (χ0n) is 15.6. The summed E-state index contributed by atoms with van der Waals surface area (Å²) in [5.41, 5.74) is 3.05. The van der Waals surface area contributed by atoms with Crippen molar-refractivity contribution in [1.82, 2.24) is 15.1 Å². The van der Waals surface area contributed by atoms with Crippen LogP contribution < -0.4 is 10.1 Å². The second-order valence-electron chi connectivity index (χ2n) is 6.34. The van der Waals surface area contributed by atoms with E-state index in [1.807, 2.05) is 39.1 Å². The Kier molecular flexibility index (Phi) is 6.01. The normalized spacial score (nSPS) is 10.8. The predicted octanol–water partition coefficient (Wildman–Crippen LogP) is 4.38. The largest absolute Gasteiger partial charge is 0.486 e. The molecule has 1 N–H and O–H groups in total. The van der Waals surface area contributed by atoms with Gasteiger partial charge in [0.15, 0.2) is 5.76 Å². The van der Waals surface area contributed by atoms with E-state index in [4.69, 9.17) is 9.15 Å². The zero-order chi connectivity index (χ0) is 19.4. The van der Waals surface area contributed by atoms with Crippen LogP contribution >= 0.6 is 15.9 Å². The van der Waals surface area contributed by atoms with E-state index in [1.165, 1.54) is 0 Å². The fraction of sp³-hybridized carbons (Fsp3) is 0.300. The van der Waals surface area contributed by atoms with E-state index >= 15 is 0 Å². The molecule has 0 fully saturated rings. The van der Waals surface area contributed by atoms with Crippen molar-refractivity contribution in [1.29, 1.82) is 0 Å². The van der Waals surface area contributed by atoms with Crippen molar-refractivity contribution in [2.24, 2.45) is 0 Å². The molecule has 0 saturated heterocycles. The van der Waals surface area contributed by atoms with E-state index in [0.29, 0.717) is 12.3 Å². The van der Waals surface area contributed by atoms with Crippen LogP contribution in [-0.4, -0.2) is 15.7 Å². The number of halogens is 1. The Morgan fingerprint density at radius 3 is 2.67 bits per heavy atom. The number of carbonyl (C=O) groups excluding carboxylic acids is 1. The average molecular weight is 432 g/mol. The lowest BCUT2D eigenvalue weighted by Crippen LogP contribution is -2.22. The maximum Gasteiger partial charge on any atom is 0.287 e. The molecule has 0 unspecified atom stereocenters. The monoisotopic (exact) mass is 431 g/mol. The fourth-order valence-electron chi connectivity index (χ4n) is 2.72. The Bertz CT molecular complexity index is 926. The molecule has 0 radical (unpaired) electrons. The summed E-state index contributed by atoms with van der Waals surface area (Å²) < 4.78 is 14.0. The molecule has 0 aliphatic rings.